The van der Waals surface area contributed by atoms with E-state index in [1.54, 1.807) is 0 Å². The molecule has 124 valence electrons. The molecule has 5 heteroatoms. The fourth-order valence-electron chi connectivity index (χ4n) is 2.08. The molecule has 0 aliphatic heterocycles. The van der Waals surface area contributed by atoms with E-state index in [-0.39, 0.29) is 5.91 Å². The molecule has 0 unspecified atom stereocenters. The van der Waals surface area contributed by atoms with Gasteiger partial charge < -0.3 is 5.32 Å². The molecule has 0 radical (unpaired) electrons. The number of nitrogens with zero attached hydrogens (tertiary/aromatic N) is 2. The highest BCUT2D eigenvalue weighted by Crippen LogP contribution is 2.21. The predicted octanol–water partition coefficient (Wildman–Crippen LogP) is 5.83. The van der Waals surface area contributed by atoms with Crippen LogP contribution in [0.3, 0.4) is 0 Å². The Bertz CT molecular complexity index is 834. The van der Waals surface area contributed by atoms with Gasteiger partial charge in [-0.15, -0.1) is 11.8 Å². The highest BCUT2D eigenvalue weighted by Gasteiger charge is 2.03. The third-order valence-electron chi connectivity index (χ3n) is 3.30. The van der Waals surface area contributed by atoms with Crippen LogP contribution in [0, 0.1) is 0 Å². The van der Waals surface area contributed by atoms with Crippen LogP contribution in [0.4, 0.5) is 17.1 Å². The van der Waals surface area contributed by atoms with Gasteiger partial charge in [0.15, 0.2) is 0 Å². The molecule has 0 atom stereocenters. The molecule has 1 N–H and O–H groups in total. The second-order valence-electron chi connectivity index (χ2n) is 5.23. The van der Waals surface area contributed by atoms with Gasteiger partial charge in [-0.2, -0.15) is 10.2 Å². The molecule has 25 heavy (non-hydrogen) atoms. The van der Waals surface area contributed by atoms with Gasteiger partial charge in [-0.1, -0.05) is 36.4 Å². The summed E-state index contributed by atoms with van der Waals surface area (Å²) in [6.07, 6.45) is 0. The first-order chi connectivity index (χ1) is 12.3. The van der Waals surface area contributed by atoms with E-state index < -0.39 is 0 Å². The van der Waals surface area contributed by atoms with Crippen LogP contribution >= 0.6 is 11.8 Å². The number of nitrogens with one attached hydrogen (secondary N) is 1. The van der Waals surface area contributed by atoms with Crippen molar-refractivity contribution >= 4 is 34.7 Å². The predicted molar refractivity (Wildman–Crippen MR) is 103 cm³/mol. The fraction of sp³-hybridized carbons (Fsp3) is 0.0500. The topological polar surface area (TPSA) is 53.8 Å². The summed E-state index contributed by atoms with van der Waals surface area (Å²) in [5.74, 6) is 0.340. The number of carbonyl (C=O) groups is 1. The number of hydrogen-bond donors (Lipinski definition) is 1. The first-order valence-electron chi connectivity index (χ1n) is 7.84. The highest BCUT2D eigenvalue weighted by atomic mass is 32.2. The Morgan fingerprint density at radius 3 is 1.96 bits per heavy atom. The Kier molecular flexibility index (Phi) is 5.96. The Hall–Kier alpha value is -2.92. The van der Waals surface area contributed by atoms with Gasteiger partial charge >= 0.3 is 0 Å². The number of carbonyl (C=O) groups excluding carboxylic acids is 1. The first kappa shape index (κ1) is 16.9. The normalized spacial score (nSPS) is 10.7. The zero-order valence-electron chi connectivity index (χ0n) is 13.5. The SMILES string of the molecule is O=C(CSc1ccccc1)Nc1ccc(N=Nc2ccccc2)cc1. The van der Waals surface area contributed by atoms with E-state index in [1.165, 1.54) is 11.8 Å². The second-order valence-corrected chi connectivity index (χ2v) is 6.28. The molecule has 0 spiro atoms. The van der Waals surface area contributed by atoms with Gasteiger partial charge in [-0.3, -0.25) is 4.79 Å². The number of azo groups is 1. The van der Waals surface area contributed by atoms with E-state index in [2.05, 4.69) is 15.5 Å². The molecule has 0 aliphatic carbocycles. The van der Waals surface area contributed by atoms with Crippen LogP contribution in [0.1, 0.15) is 0 Å². The van der Waals surface area contributed by atoms with Crippen molar-refractivity contribution in [1.82, 2.24) is 0 Å². The molecule has 0 saturated carbocycles. The summed E-state index contributed by atoms with van der Waals surface area (Å²) in [6.45, 7) is 0. The molecule has 0 aromatic heterocycles. The minimum atomic E-state index is -0.0347. The smallest absolute Gasteiger partial charge is 0.234 e. The van der Waals surface area contributed by atoms with Crippen LogP contribution in [-0.4, -0.2) is 11.7 Å². The van der Waals surface area contributed by atoms with Crippen LogP contribution in [-0.2, 0) is 4.79 Å². The van der Waals surface area contributed by atoms with Crippen LogP contribution < -0.4 is 5.32 Å². The standard InChI is InChI=1S/C20H17N3OS/c24-20(15-25-19-9-5-2-6-10-19)21-16-11-13-18(14-12-16)23-22-17-7-3-1-4-8-17/h1-14H,15H2,(H,21,24). The summed E-state index contributed by atoms with van der Waals surface area (Å²) in [5, 5.41) is 11.2. The van der Waals surface area contributed by atoms with E-state index in [1.807, 2.05) is 84.9 Å². The number of amides is 1. The largest absolute Gasteiger partial charge is 0.325 e. The lowest BCUT2D eigenvalue weighted by molar-refractivity contribution is -0.113. The molecule has 1 amide bonds. The maximum atomic E-state index is 12.0. The Labute approximate surface area is 151 Å². The minimum Gasteiger partial charge on any atom is -0.325 e. The Morgan fingerprint density at radius 2 is 1.32 bits per heavy atom. The van der Waals surface area contributed by atoms with Crippen molar-refractivity contribution in [2.75, 3.05) is 11.1 Å². The van der Waals surface area contributed by atoms with Gasteiger partial charge in [-0.05, 0) is 48.5 Å². The average Bonchev–Trinajstić information content (AvgIpc) is 2.67. The minimum absolute atomic E-state index is 0.0347. The zero-order valence-corrected chi connectivity index (χ0v) is 14.3. The van der Waals surface area contributed by atoms with E-state index in [4.69, 9.17) is 0 Å². The summed E-state index contributed by atoms with van der Waals surface area (Å²) >= 11 is 1.51. The van der Waals surface area contributed by atoms with Gasteiger partial charge in [0.1, 0.15) is 0 Å². The number of thioether (sulfide) groups is 1. The third-order valence-corrected chi connectivity index (χ3v) is 4.31. The van der Waals surface area contributed by atoms with Crippen LogP contribution in [0.25, 0.3) is 0 Å². The van der Waals surface area contributed by atoms with Crippen LogP contribution in [0.15, 0.2) is 100 Å². The van der Waals surface area contributed by atoms with Crippen molar-refractivity contribution in [2.45, 2.75) is 4.90 Å². The molecule has 3 aromatic rings. The quantitative estimate of drug-likeness (QED) is 0.450. The van der Waals surface area contributed by atoms with Crippen molar-refractivity contribution in [3.63, 3.8) is 0 Å². The monoisotopic (exact) mass is 347 g/mol. The summed E-state index contributed by atoms with van der Waals surface area (Å²) in [6, 6.07) is 26.7. The van der Waals surface area contributed by atoms with Crippen LogP contribution in [0.2, 0.25) is 0 Å². The molecule has 0 heterocycles. The van der Waals surface area contributed by atoms with Crippen LogP contribution in [0.5, 0.6) is 0 Å². The summed E-state index contributed by atoms with van der Waals surface area (Å²) in [5.41, 5.74) is 2.29. The molecule has 0 bridgehead atoms. The maximum absolute atomic E-state index is 12.0. The fourth-order valence-corrected chi connectivity index (χ4v) is 2.80. The zero-order chi connectivity index (χ0) is 17.3. The molecule has 0 fully saturated rings. The maximum Gasteiger partial charge on any atom is 0.234 e. The molecule has 0 aliphatic rings. The molecular formula is C20H17N3OS. The van der Waals surface area contributed by atoms with Gasteiger partial charge in [0.25, 0.3) is 0 Å². The molecule has 4 nitrogen and oxygen atoms in total. The van der Waals surface area contributed by atoms with Gasteiger partial charge in [-0.25, -0.2) is 0 Å². The lowest BCUT2D eigenvalue weighted by Gasteiger charge is -2.05. The van der Waals surface area contributed by atoms with Crippen molar-refractivity contribution in [3.8, 4) is 0 Å². The molecular weight excluding hydrogens is 330 g/mol. The Balaban J connectivity index is 1.52. The number of benzene rings is 3. The highest BCUT2D eigenvalue weighted by molar-refractivity contribution is 8.00. The molecule has 3 aromatic carbocycles. The van der Waals surface area contributed by atoms with Crippen molar-refractivity contribution in [3.05, 3.63) is 84.9 Å². The van der Waals surface area contributed by atoms with Gasteiger partial charge in [0, 0.05) is 10.6 Å². The average molecular weight is 347 g/mol. The summed E-state index contributed by atoms with van der Waals surface area (Å²) in [7, 11) is 0. The number of rotatable bonds is 6. The summed E-state index contributed by atoms with van der Waals surface area (Å²) in [4.78, 5) is 13.1. The van der Waals surface area contributed by atoms with Gasteiger partial charge in [0.2, 0.25) is 5.91 Å². The Morgan fingerprint density at radius 1 is 0.760 bits per heavy atom. The summed E-state index contributed by atoms with van der Waals surface area (Å²) < 4.78 is 0. The number of anilines is 1. The molecule has 0 saturated heterocycles. The van der Waals surface area contributed by atoms with Crippen molar-refractivity contribution in [2.24, 2.45) is 10.2 Å². The molecule has 3 rings (SSSR count). The van der Waals surface area contributed by atoms with E-state index >= 15 is 0 Å². The lowest BCUT2D eigenvalue weighted by atomic mass is 10.3. The first-order valence-corrected chi connectivity index (χ1v) is 8.83. The van der Waals surface area contributed by atoms with Crippen molar-refractivity contribution < 1.29 is 4.79 Å². The van der Waals surface area contributed by atoms with Gasteiger partial charge in [0.05, 0.1) is 17.1 Å². The lowest BCUT2D eigenvalue weighted by Crippen LogP contribution is -2.13. The van der Waals surface area contributed by atoms with E-state index in [9.17, 15) is 4.79 Å². The number of hydrogen-bond acceptors (Lipinski definition) is 4. The van der Waals surface area contributed by atoms with E-state index in [0.717, 1.165) is 22.0 Å². The van der Waals surface area contributed by atoms with Crippen molar-refractivity contribution in [1.29, 1.82) is 0 Å². The second kappa shape index (κ2) is 8.80. The van der Waals surface area contributed by atoms with E-state index in [0.29, 0.717) is 5.75 Å². The third kappa shape index (κ3) is 5.58.